The first kappa shape index (κ1) is 16.0. The lowest BCUT2D eigenvalue weighted by Crippen LogP contribution is -2.23. The SMILES string of the molecule is c1ccc(-c2noc([C@H]3CCCN3Cc3nnc(-c4ccco4)o3)n2)cc1. The fourth-order valence-corrected chi connectivity index (χ4v) is 3.36. The van der Waals surface area contributed by atoms with Crippen LogP contribution in [0.1, 0.15) is 30.7 Å². The van der Waals surface area contributed by atoms with Crippen molar-refractivity contribution in [3.8, 4) is 23.0 Å². The van der Waals surface area contributed by atoms with Crippen LogP contribution in [0.2, 0.25) is 0 Å². The minimum absolute atomic E-state index is 0.0499. The Morgan fingerprint density at radius 3 is 2.85 bits per heavy atom. The molecule has 0 saturated carbocycles. The van der Waals surface area contributed by atoms with Crippen LogP contribution in [-0.4, -0.2) is 31.8 Å². The van der Waals surface area contributed by atoms with Crippen molar-refractivity contribution in [2.75, 3.05) is 6.54 Å². The molecule has 0 aliphatic carbocycles. The Balaban J connectivity index is 1.33. The van der Waals surface area contributed by atoms with Gasteiger partial charge in [-0.2, -0.15) is 4.98 Å². The first-order valence-electron chi connectivity index (χ1n) is 8.86. The second-order valence-corrected chi connectivity index (χ2v) is 6.43. The van der Waals surface area contributed by atoms with Crippen LogP contribution in [0.4, 0.5) is 0 Å². The molecule has 4 heterocycles. The predicted molar refractivity (Wildman–Crippen MR) is 94.1 cm³/mol. The van der Waals surface area contributed by atoms with Gasteiger partial charge in [-0.1, -0.05) is 35.5 Å². The lowest BCUT2D eigenvalue weighted by Gasteiger charge is -2.19. The Kier molecular flexibility index (Phi) is 4.02. The van der Waals surface area contributed by atoms with Crippen LogP contribution in [0.5, 0.6) is 0 Å². The minimum atomic E-state index is 0.0499. The highest BCUT2D eigenvalue weighted by Gasteiger charge is 2.32. The third kappa shape index (κ3) is 3.15. The largest absolute Gasteiger partial charge is 0.459 e. The van der Waals surface area contributed by atoms with Gasteiger partial charge in [0, 0.05) is 5.56 Å². The topological polar surface area (TPSA) is 94.2 Å². The van der Waals surface area contributed by atoms with Gasteiger partial charge in [-0.3, -0.25) is 4.90 Å². The summed E-state index contributed by atoms with van der Waals surface area (Å²) in [4.78, 5) is 6.82. The Hall–Kier alpha value is -3.26. The highest BCUT2D eigenvalue weighted by Crippen LogP contribution is 2.33. The first-order valence-corrected chi connectivity index (χ1v) is 8.86. The standard InChI is InChI=1S/C19H17N5O3/c1-2-6-13(7-3-1)17-20-18(27-23-17)14-8-4-10-24(14)12-16-21-22-19(26-16)15-9-5-11-25-15/h1-3,5-7,9,11,14H,4,8,10,12H2/t14-/m1/s1. The molecule has 136 valence electrons. The van der Waals surface area contributed by atoms with Crippen LogP contribution in [-0.2, 0) is 6.54 Å². The summed E-state index contributed by atoms with van der Waals surface area (Å²) in [6, 6.07) is 13.4. The Bertz CT molecular complexity index is 1010. The van der Waals surface area contributed by atoms with Crippen molar-refractivity contribution in [1.82, 2.24) is 25.2 Å². The van der Waals surface area contributed by atoms with E-state index in [-0.39, 0.29) is 6.04 Å². The van der Waals surface area contributed by atoms with Gasteiger partial charge in [0.15, 0.2) is 5.76 Å². The molecule has 1 aliphatic heterocycles. The fourth-order valence-electron chi connectivity index (χ4n) is 3.36. The van der Waals surface area contributed by atoms with Crippen LogP contribution in [0.25, 0.3) is 23.0 Å². The van der Waals surface area contributed by atoms with Crippen LogP contribution in [0, 0.1) is 0 Å². The molecule has 4 aromatic rings. The molecule has 8 heteroatoms. The van der Waals surface area contributed by atoms with Crippen molar-refractivity contribution in [3.05, 3.63) is 60.5 Å². The first-order chi connectivity index (χ1) is 13.4. The summed E-state index contributed by atoms with van der Waals surface area (Å²) in [5.74, 6) is 2.72. The summed E-state index contributed by atoms with van der Waals surface area (Å²) in [5, 5.41) is 12.3. The minimum Gasteiger partial charge on any atom is -0.459 e. The van der Waals surface area contributed by atoms with Crippen molar-refractivity contribution < 1.29 is 13.4 Å². The van der Waals surface area contributed by atoms with Crippen LogP contribution in [0.15, 0.2) is 62.1 Å². The van der Waals surface area contributed by atoms with Crippen molar-refractivity contribution >= 4 is 0 Å². The monoisotopic (exact) mass is 363 g/mol. The summed E-state index contributed by atoms with van der Waals surface area (Å²) in [6.45, 7) is 1.44. The molecule has 0 amide bonds. The van der Waals surface area contributed by atoms with E-state index in [1.165, 1.54) is 0 Å². The number of nitrogens with zero attached hydrogens (tertiary/aromatic N) is 5. The summed E-state index contributed by atoms with van der Waals surface area (Å²) < 4.78 is 16.6. The Labute approximate surface area is 154 Å². The number of benzene rings is 1. The number of aromatic nitrogens is 4. The maximum Gasteiger partial charge on any atom is 0.283 e. The van der Waals surface area contributed by atoms with Crippen LogP contribution < -0.4 is 0 Å². The molecule has 8 nitrogen and oxygen atoms in total. The lowest BCUT2D eigenvalue weighted by molar-refractivity contribution is 0.186. The maximum atomic E-state index is 5.72. The predicted octanol–water partition coefficient (Wildman–Crippen LogP) is 3.72. The third-order valence-corrected chi connectivity index (χ3v) is 4.66. The smallest absolute Gasteiger partial charge is 0.283 e. The van der Waals surface area contributed by atoms with Crippen LogP contribution >= 0.6 is 0 Å². The second-order valence-electron chi connectivity index (χ2n) is 6.43. The van der Waals surface area contributed by atoms with E-state index in [4.69, 9.17) is 13.4 Å². The van der Waals surface area contributed by atoms with E-state index in [0.29, 0.717) is 35.8 Å². The quantitative estimate of drug-likeness (QED) is 0.529. The number of hydrogen-bond donors (Lipinski definition) is 0. The van der Waals surface area contributed by atoms with Gasteiger partial charge in [0.05, 0.1) is 18.8 Å². The van der Waals surface area contributed by atoms with E-state index in [2.05, 4.69) is 25.2 Å². The summed E-state index contributed by atoms with van der Waals surface area (Å²) in [7, 11) is 0. The van der Waals surface area contributed by atoms with Crippen molar-refractivity contribution in [2.45, 2.75) is 25.4 Å². The van der Waals surface area contributed by atoms with E-state index >= 15 is 0 Å². The molecule has 1 fully saturated rings. The molecule has 0 spiro atoms. The van der Waals surface area contributed by atoms with Crippen molar-refractivity contribution in [1.29, 1.82) is 0 Å². The third-order valence-electron chi connectivity index (χ3n) is 4.66. The normalized spacial score (nSPS) is 17.6. The summed E-state index contributed by atoms with van der Waals surface area (Å²) in [5.41, 5.74) is 0.942. The molecular formula is C19H17N5O3. The highest BCUT2D eigenvalue weighted by molar-refractivity contribution is 5.53. The highest BCUT2D eigenvalue weighted by atomic mass is 16.5. The van der Waals surface area contributed by atoms with E-state index in [1.54, 1.807) is 18.4 Å². The van der Waals surface area contributed by atoms with E-state index in [0.717, 1.165) is 24.9 Å². The Morgan fingerprint density at radius 1 is 1.07 bits per heavy atom. The molecule has 0 unspecified atom stereocenters. The molecular weight excluding hydrogens is 346 g/mol. The second kappa shape index (κ2) is 6.81. The van der Waals surface area contributed by atoms with Crippen molar-refractivity contribution in [2.24, 2.45) is 0 Å². The van der Waals surface area contributed by atoms with E-state index in [1.807, 2.05) is 30.3 Å². The van der Waals surface area contributed by atoms with Crippen LogP contribution in [0.3, 0.4) is 0 Å². The number of likely N-dealkylation sites (tertiary alicyclic amines) is 1. The Morgan fingerprint density at radius 2 is 2.00 bits per heavy atom. The van der Waals surface area contributed by atoms with Crippen molar-refractivity contribution in [3.63, 3.8) is 0 Å². The molecule has 0 N–H and O–H groups in total. The summed E-state index contributed by atoms with van der Waals surface area (Å²) in [6.07, 6.45) is 3.58. The molecule has 3 aromatic heterocycles. The molecule has 0 bridgehead atoms. The average molecular weight is 363 g/mol. The van der Waals surface area contributed by atoms with Gasteiger partial charge in [0.2, 0.25) is 17.6 Å². The number of hydrogen-bond acceptors (Lipinski definition) is 8. The fraction of sp³-hybridized carbons (Fsp3) is 0.263. The molecule has 1 atom stereocenters. The number of furan rings is 1. The molecule has 27 heavy (non-hydrogen) atoms. The van der Waals surface area contributed by atoms with Gasteiger partial charge in [0.25, 0.3) is 5.89 Å². The summed E-state index contributed by atoms with van der Waals surface area (Å²) >= 11 is 0. The average Bonchev–Trinajstić information content (AvgIpc) is 3.48. The zero-order valence-corrected chi connectivity index (χ0v) is 14.5. The van der Waals surface area contributed by atoms with Gasteiger partial charge in [-0.05, 0) is 31.5 Å². The van der Waals surface area contributed by atoms with Gasteiger partial charge < -0.3 is 13.4 Å². The van der Waals surface area contributed by atoms with Gasteiger partial charge >= 0.3 is 0 Å². The lowest BCUT2D eigenvalue weighted by atomic mass is 10.2. The number of rotatable bonds is 5. The van der Waals surface area contributed by atoms with Gasteiger partial charge in [-0.25, -0.2) is 0 Å². The zero-order valence-electron chi connectivity index (χ0n) is 14.5. The van der Waals surface area contributed by atoms with Gasteiger partial charge in [0.1, 0.15) is 0 Å². The molecule has 5 rings (SSSR count). The van der Waals surface area contributed by atoms with E-state index < -0.39 is 0 Å². The van der Waals surface area contributed by atoms with Gasteiger partial charge in [-0.15, -0.1) is 10.2 Å². The molecule has 1 aliphatic rings. The molecule has 1 aromatic carbocycles. The molecule has 0 radical (unpaired) electrons. The zero-order chi connectivity index (χ0) is 18.1. The van der Waals surface area contributed by atoms with E-state index in [9.17, 15) is 0 Å². The molecule has 1 saturated heterocycles. The maximum absolute atomic E-state index is 5.72.